The first-order valence-corrected chi connectivity index (χ1v) is 13.2. The number of nitrogens with zero attached hydrogens (tertiary/aromatic N) is 3. The van der Waals surface area contributed by atoms with Gasteiger partial charge < -0.3 is 9.91 Å². The number of hydrazine groups is 1. The van der Waals surface area contributed by atoms with E-state index in [0.717, 1.165) is 30.6 Å². The topological polar surface area (TPSA) is 73.0 Å². The highest BCUT2D eigenvalue weighted by Gasteiger charge is 2.34. The number of nitrogens with one attached hydrogen (secondary N) is 1. The van der Waals surface area contributed by atoms with E-state index in [4.69, 9.17) is 0 Å². The molecule has 1 amide bonds. The molecule has 0 aromatic heterocycles. The molecule has 33 heavy (non-hydrogen) atoms. The number of hydrogen-bond acceptors (Lipinski definition) is 5. The molecule has 0 radical (unpaired) electrons. The van der Waals surface area contributed by atoms with Crippen molar-refractivity contribution >= 4 is 27.3 Å². The van der Waals surface area contributed by atoms with Gasteiger partial charge in [0.05, 0.1) is 22.3 Å². The lowest BCUT2D eigenvalue weighted by Gasteiger charge is -2.28. The van der Waals surface area contributed by atoms with Gasteiger partial charge in [-0.25, -0.2) is 13.8 Å². The fraction of sp³-hybridized carbons (Fsp3) is 0.480. The Morgan fingerprint density at radius 1 is 1.18 bits per heavy atom. The second kappa shape index (κ2) is 9.35. The number of hydrogen-bond donors (Lipinski definition) is 1. The van der Waals surface area contributed by atoms with Crippen LogP contribution >= 0.6 is 0 Å². The molecule has 0 spiro atoms. The number of carbonyl (C=O) groups is 1. The molecule has 2 aliphatic rings. The van der Waals surface area contributed by atoms with Crippen LogP contribution in [0.4, 0.5) is 11.4 Å². The van der Waals surface area contributed by atoms with Gasteiger partial charge in [0.15, 0.2) is 0 Å². The van der Waals surface area contributed by atoms with Crippen molar-refractivity contribution in [2.75, 3.05) is 28.9 Å². The number of aryl methyl sites for hydroxylation is 1. The standard InChI is InChI=1S/C25H34N4O3S/c1-5-20-6-8-22(9-7-20)28(16-18(2)3)33(31,32)24-10-11-25-21(14-24)15-26-29(25)23-12-13-27(17-23)19(4)30/h6-11,14,18,23,26H,5,12-13,15-17H2,1-4H3. The molecule has 178 valence electrons. The molecule has 0 saturated carbocycles. The van der Waals surface area contributed by atoms with Crippen molar-refractivity contribution in [3.8, 4) is 0 Å². The van der Waals surface area contributed by atoms with Crippen LogP contribution in [0.5, 0.6) is 0 Å². The molecule has 0 aliphatic carbocycles. The van der Waals surface area contributed by atoms with E-state index in [2.05, 4.69) is 17.4 Å². The first-order valence-electron chi connectivity index (χ1n) is 11.7. The minimum Gasteiger partial charge on any atom is -0.341 e. The monoisotopic (exact) mass is 470 g/mol. The first kappa shape index (κ1) is 23.6. The Balaban J connectivity index is 1.61. The third kappa shape index (κ3) is 4.73. The van der Waals surface area contributed by atoms with Crippen LogP contribution in [0.1, 0.15) is 45.2 Å². The minimum atomic E-state index is -3.71. The van der Waals surface area contributed by atoms with E-state index in [1.807, 2.05) is 49.1 Å². The summed E-state index contributed by atoms with van der Waals surface area (Å²) >= 11 is 0. The molecule has 1 atom stereocenters. The largest absolute Gasteiger partial charge is 0.341 e. The van der Waals surface area contributed by atoms with Crippen LogP contribution in [-0.4, -0.2) is 44.9 Å². The molecule has 2 aromatic rings. The van der Waals surface area contributed by atoms with Crippen LogP contribution in [0.25, 0.3) is 0 Å². The second-order valence-corrected chi connectivity index (χ2v) is 11.2. The smallest absolute Gasteiger partial charge is 0.264 e. The van der Waals surface area contributed by atoms with Gasteiger partial charge in [0.1, 0.15) is 0 Å². The lowest BCUT2D eigenvalue weighted by atomic mass is 10.1. The van der Waals surface area contributed by atoms with E-state index < -0.39 is 10.0 Å². The summed E-state index contributed by atoms with van der Waals surface area (Å²) in [6, 6.07) is 13.4. The number of fused-ring (bicyclic) bond motifs is 1. The molecular weight excluding hydrogens is 436 g/mol. The average molecular weight is 471 g/mol. The van der Waals surface area contributed by atoms with Crippen molar-refractivity contribution in [2.24, 2.45) is 5.92 Å². The number of sulfonamides is 1. The maximum absolute atomic E-state index is 13.7. The molecule has 8 heteroatoms. The van der Waals surface area contributed by atoms with Gasteiger partial charge >= 0.3 is 0 Å². The molecule has 0 bridgehead atoms. The van der Waals surface area contributed by atoms with E-state index in [1.54, 1.807) is 19.1 Å². The third-order valence-electron chi connectivity index (χ3n) is 6.48. The zero-order valence-electron chi connectivity index (χ0n) is 19.9. The van der Waals surface area contributed by atoms with E-state index in [1.165, 1.54) is 9.87 Å². The van der Waals surface area contributed by atoms with Gasteiger partial charge in [0, 0.05) is 33.1 Å². The Labute approximate surface area is 197 Å². The molecular formula is C25H34N4O3S. The SMILES string of the molecule is CCc1ccc(N(CC(C)C)S(=O)(=O)c2ccc3c(c2)CNN3C2CCN(C(C)=O)C2)cc1. The summed E-state index contributed by atoms with van der Waals surface area (Å²) in [5.41, 5.74) is 7.22. The fourth-order valence-corrected chi connectivity index (χ4v) is 6.30. The van der Waals surface area contributed by atoms with E-state index in [-0.39, 0.29) is 17.9 Å². The zero-order valence-corrected chi connectivity index (χ0v) is 20.7. The second-order valence-electron chi connectivity index (χ2n) is 9.35. The molecule has 1 saturated heterocycles. The predicted molar refractivity (Wildman–Crippen MR) is 132 cm³/mol. The van der Waals surface area contributed by atoms with Crippen LogP contribution in [0.3, 0.4) is 0 Å². The average Bonchev–Trinajstić information content (AvgIpc) is 3.44. The van der Waals surface area contributed by atoms with E-state index >= 15 is 0 Å². The zero-order chi connectivity index (χ0) is 23.8. The van der Waals surface area contributed by atoms with Crippen molar-refractivity contribution in [1.29, 1.82) is 0 Å². The molecule has 1 N–H and O–H groups in total. The van der Waals surface area contributed by atoms with Gasteiger partial charge in [-0.1, -0.05) is 32.9 Å². The van der Waals surface area contributed by atoms with Gasteiger partial charge in [-0.15, -0.1) is 0 Å². The van der Waals surface area contributed by atoms with Crippen LogP contribution < -0.4 is 14.7 Å². The molecule has 4 rings (SSSR count). The normalized spacial score (nSPS) is 18.2. The van der Waals surface area contributed by atoms with Gasteiger partial charge in [0.2, 0.25) is 5.91 Å². The number of amides is 1. The van der Waals surface area contributed by atoms with Crippen molar-refractivity contribution in [1.82, 2.24) is 10.3 Å². The quantitative estimate of drug-likeness (QED) is 0.670. The Bertz CT molecular complexity index is 1110. The van der Waals surface area contributed by atoms with Crippen LogP contribution in [0.15, 0.2) is 47.4 Å². The first-order chi connectivity index (χ1) is 15.7. The molecule has 2 aliphatic heterocycles. The van der Waals surface area contributed by atoms with Crippen LogP contribution in [-0.2, 0) is 27.8 Å². The van der Waals surface area contributed by atoms with Crippen molar-refractivity contribution in [3.63, 3.8) is 0 Å². The Morgan fingerprint density at radius 2 is 1.91 bits per heavy atom. The van der Waals surface area contributed by atoms with Gasteiger partial charge in [-0.05, 0) is 60.2 Å². The van der Waals surface area contributed by atoms with Crippen molar-refractivity contribution in [2.45, 2.75) is 58.0 Å². The van der Waals surface area contributed by atoms with Crippen molar-refractivity contribution < 1.29 is 13.2 Å². The highest BCUT2D eigenvalue weighted by Crippen LogP contribution is 2.33. The Hall–Kier alpha value is -2.58. The van der Waals surface area contributed by atoms with E-state index in [0.29, 0.717) is 30.2 Å². The highest BCUT2D eigenvalue weighted by molar-refractivity contribution is 7.92. The minimum absolute atomic E-state index is 0.0931. The summed E-state index contributed by atoms with van der Waals surface area (Å²) in [6.45, 7) is 10.2. The van der Waals surface area contributed by atoms with Crippen LogP contribution in [0.2, 0.25) is 0 Å². The molecule has 2 aromatic carbocycles. The lowest BCUT2D eigenvalue weighted by Crippen LogP contribution is -2.43. The number of rotatable bonds is 7. The highest BCUT2D eigenvalue weighted by atomic mass is 32.2. The maximum Gasteiger partial charge on any atom is 0.264 e. The number of likely N-dealkylation sites (tertiary alicyclic amines) is 1. The fourth-order valence-electron chi connectivity index (χ4n) is 4.62. The summed E-state index contributed by atoms with van der Waals surface area (Å²) in [6.07, 6.45) is 1.80. The third-order valence-corrected chi connectivity index (χ3v) is 8.27. The number of benzene rings is 2. The Kier molecular flexibility index (Phi) is 6.68. The van der Waals surface area contributed by atoms with Crippen LogP contribution in [0, 0.1) is 5.92 Å². The number of anilines is 2. The molecule has 7 nitrogen and oxygen atoms in total. The number of carbonyl (C=O) groups excluding carboxylic acids is 1. The van der Waals surface area contributed by atoms with E-state index in [9.17, 15) is 13.2 Å². The molecule has 2 heterocycles. The summed E-state index contributed by atoms with van der Waals surface area (Å²) < 4.78 is 29.0. The van der Waals surface area contributed by atoms with Gasteiger partial charge in [-0.2, -0.15) is 0 Å². The van der Waals surface area contributed by atoms with Gasteiger partial charge in [-0.3, -0.25) is 9.10 Å². The lowest BCUT2D eigenvalue weighted by molar-refractivity contribution is -0.127. The summed E-state index contributed by atoms with van der Waals surface area (Å²) in [5.74, 6) is 0.277. The molecule has 1 fully saturated rings. The van der Waals surface area contributed by atoms with Gasteiger partial charge in [0.25, 0.3) is 10.0 Å². The summed E-state index contributed by atoms with van der Waals surface area (Å²) in [7, 11) is -3.71. The van der Waals surface area contributed by atoms with Crippen molar-refractivity contribution in [3.05, 3.63) is 53.6 Å². The maximum atomic E-state index is 13.7. The summed E-state index contributed by atoms with van der Waals surface area (Å²) in [5, 5.41) is 2.10. The predicted octanol–water partition coefficient (Wildman–Crippen LogP) is 3.55. The summed E-state index contributed by atoms with van der Waals surface area (Å²) in [4.78, 5) is 13.9. The Morgan fingerprint density at radius 3 is 2.52 bits per heavy atom. The molecule has 1 unspecified atom stereocenters.